The zero-order valence-corrected chi connectivity index (χ0v) is 23.9. The van der Waals surface area contributed by atoms with Crippen molar-refractivity contribution in [2.75, 3.05) is 52.5 Å². The molecule has 0 bridgehead atoms. The van der Waals surface area contributed by atoms with E-state index in [9.17, 15) is 13.2 Å². The summed E-state index contributed by atoms with van der Waals surface area (Å²) >= 11 is 0. The van der Waals surface area contributed by atoms with E-state index in [4.69, 9.17) is 4.74 Å². The molecule has 1 amide bonds. The third kappa shape index (κ3) is 7.35. The second-order valence-electron chi connectivity index (χ2n) is 10.6. The van der Waals surface area contributed by atoms with E-state index in [0.717, 1.165) is 56.1 Å². The molecule has 0 atom stereocenters. The number of hydrogen-bond acceptors (Lipinski definition) is 6. The number of carbonyl (C=O) groups is 1. The highest BCUT2D eigenvalue weighted by molar-refractivity contribution is 7.89. The molecule has 0 radical (unpaired) electrons. The van der Waals surface area contributed by atoms with Crippen molar-refractivity contribution in [3.8, 4) is 0 Å². The van der Waals surface area contributed by atoms with Crippen LogP contribution in [0.3, 0.4) is 0 Å². The number of morpholine rings is 1. The van der Waals surface area contributed by atoms with Gasteiger partial charge in [-0.3, -0.25) is 14.6 Å². The summed E-state index contributed by atoms with van der Waals surface area (Å²) < 4.78 is 32.9. The van der Waals surface area contributed by atoms with Crippen molar-refractivity contribution in [3.63, 3.8) is 0 Å². The third-order valence-corrected chi connectivity index (χ3v) is 9.48. The zero-order valence-electron chi connectivity index (χ0n) is 23.1. The number of ether oxygens (including phenoxy) is 1. The van der Waals surface area contributed by atoms with Crippen molar-refractivity contribution in [2.45, 2.75) is 31.5 Å². The number of hydrogen-bond donors (Lipinski definition) is 1. The molecule has 2 fully saturated rings. The first-order valence-electron chi connectivity index (χ1n) is 13.9. The molecule has 2 aliphatic rings. The normalized spacial score (nSPS) is 17.5. The lowest BCUT2D eigenvalue weighted by Gasteiger charge is -2.34. The van der Waals surface area contributed by atoms with Crippen LogP contribution in [0.5, 0.6) is 0 Å². The molecule has 3 aromatic carbocycles. The van der Waals surface area contributed by atoms with E-state index in [1.165, 1.54) is 5.56 Å². The van der Waals surface area contributed by atoms with E-state index in [-0.39, 0.29) is 5.91 Å². The summed E-state index contributed by atoms with van der Waals surface area (Å²) in [6, 6.07) is 23.1. The Morgan fingerprint density at radius 3 is 2.10 bits per heavy atom. The van der Waals surface area contributed by atoms with Crippen molar-refractivity contribution < 1.29 is 17.9 Å². The molecule has 2 heterocycles. The van der Waals surface area contributed by atoms with E-state index in [1.807, 2.05) is 55.5 Å². The molecule has 0 saturated carbocycles. The Kier molecular flexibility index (Phi) is 9.29. The van der Waals surface area contributed by atoms with Crippen LogP contribution in [0.25, 0.3) is 0 Å². The Hall–Kier alpha value is -3.08. The van der Waals surface area contributed by atoms with E-state index in [1.54, 1.807) is 16.4 Å². The Morgan fingerprint density at radius 1 is 0.775 bits per heavy atom. The summed E-state index contributed by atoms with van der Waals surface area (Å²) in [4.78, 5) is 17.8. The lowest BCUT2D eigenvalue weighted by Crippen LogP contribution is -2.48. The number of sulfonamides is 1. The molecule has 9 heteroatoms. The molecule has 0 aliphatic carbocycles. The minimum absolute atomic E-state index is 0.0972. The van der Waals surface area contributed by atoms with Gasteiger partial charge in [0.25, 0.3) is 5.91 Å². The maximum absolute atomic E-state index is 13.0. The number of piperazine rings is 1. The highest BCUT2D eigenvalue weighted by atomic mass is 32.2. The smallest absolute Gasteiger partial charge is 0.251 e. The molecule has 0 unspecified atom stereocenters. The molecule has 8 nitrogen and oxygen atoms in total. The standard InChI is InChI=1S/C31H38N4O4S/c1-25-5-11-30(12-6-25)40(37,38)35-15-13-33(14-16-35)23-26-7-9-29(10-8-26)31(36)32-22-27-3-2-4-28(21-27)24-34-17-19-39-20-18-34/h2-12,21H,13-20,22-24H2,1H3,(H,32,36). The van der Waals surface area contributed by atoms with Gasteiger partial charge < -0.3 is 10.1 Å². The predicted molar refractivity (Wildman–Crippen MR) is 155 cm³/mol. The number of benzene rings is 3. The van der Waals surface area contributed by atoms with E-state index >= 15 is 0 Å². The monoisotopic (exact) mass is 562 g/mol. The van der Waals surface area contributed by atoms with Crippen molar-refractivity contribution in [2.24, 2.45) is 0 Å². The second kappa shape index (κ2) is 13.1. The fourth-order valence-corrected chi connectivity index (χ4v) is 6.57. The highest BCUT2D eigenvalue weighted by Gasteiger charge is 2.28. The first kappa shape index (κ1) is 28.4. The molecule has 5 rings (SSSR count). The lowest BCUT2D eigenvalue weighted by molar-refractivity contribution is 0.0342. The van der Waals surface area contributed by atoms with Gasteiger partial charge in [-0.2, -0.15) is 4.31 Å². The van der Waals surface area contributed by atoms with Gasteiger partial charge in [0.15, 0.2) is 0 Å². The summed E-state index contributed by atoms with van der Waals surface area (Å²) in [6.45, 7) is 9.75. The van der Waals surface area contributed by atoms with E-state index < -0.39 is 10.0 Å². The maximum atomic E-state index is 13.0. The Bertz CT molecular complexity index is 1380. The topological polar surface area (TPSA) is 82.2 Å². The molecule has 212 valence electrons. The molecule has 0 spiro atoms. The summed E-state index contributed by atoms with van der Waals surface area (Å²) in [5.41, 5.74) is 5.09. The SMILES string of the molecule is Cc1ccc(S(=O)(=O)N2CCN(Cc3ccc(C(=O)NCc4cccc(CN5CCOCC5)c4)cc3)CC2)cc1. The average molecular weight is 563 g/mol. The molecule has 40 heavy (non-hydrogen) atoms. The van der Waals surface area contributed by atoms with E-state index in [0.29, 0.717) is 43.2 Å². The van der Waals surface area contributed by atoms with Crippen LogP contribution in [-0.4, -0.2) is 80.9 Å². The number of rotatable bonds is 9. The van der Waals surface area contributed by atoms with Crippen LogP contribution in [0.4, 0.5) is 0 Å². The molecule has 0 aromatic heterocycles. The molecule has 3 aromatic rings. The largest absolute Gasteiger partial charge is 0.379 e. The Labute approximate surface area is 237 Å². The number of aryl methyl sites for hydroxylation is 1. The number of carbonyl (C=O) groups excluding carboxylic acids is 1. The lowest BCUT2D eigenvalue weighted by atomic mass is 10.1. The summed E-state index contributed by atoms with van der Waals surface area (Å²) in [5, 5.41) is 3.04. The first-order valence-corrected chi connectivity index (χ1v) is 15.3. The quantitative estimate of drug-likeness (QED) is 0.431. The van der Waals surface area contributed by atoms with Crippen molar-refractivity contribution in [3.05, 3.63) is 101 Å². The fourth-order valence-electron chi connectivity index (χ4n) is 5.15. The van der Waals surface area contributed by atoms with Gasteiger partial charge in [-0.25, -0.2) is 8.42 Å². The van der Waals surface area contributed by atoms with Gasteiger partial charge >= 0.3 is 0 Å². The van der Waals surface area contributed by atoms with Crippen LogP contribution in [0, 0.1) is 6.92 Å². The maximum Gasteiger partial charge on any atom is 0.251 e. The molecular weight excluding hydrogens is 524 g/mol. The van der Waals surface area contributed by atoms with Gasteiger partial charge in [0, 0.05) is 64.5 Å². The van der Waals surface area contributed by atoms with Gasteiger partial charge in [-0.15, -0.1) is 0 Å². The van der Waals surface area contributed by atoms with Crippen LogP contribution in [0.2, 0.25) is 0 Å². The van der Waals surface area contributed by atoms with Gasteiger partial charge in [0.05, 0.1) is 18.1 Å². The number of nitrogens with zero attached hydrogens (tertiary/aromatic N) is 3. The second-order valence-corrected chi connectivity index (χ2v) is 12.5. The summed E-state index contributed by atoms with van der Waals surface area (Å²) in [6.07, 6.45) is 0. The predicted octanol–water partition coefficient (Wildman–Crippen LogP) is 3.26. The van der Waals surface area contributed by atoms with Crippen molar-refractivity contribution >= 4 is 15.9 Å². The minimum atomic E-state index is -3.47. The minimum Gasteiger partial charge on any atom is -0.379 e. The summed E-state index contributed by atoms with van der Waals surface area (Å²) in [5.74, 6) is -0.0972. The van der Waals surface area contributed by atoms with Crippen LogP contribution in [0.1, 0.15) is 32.6 Å². The highest BCUT2D eigenvalue weighted by Crippen LogP contribution is 2.19. The van der Waals surface area contributed by atoms with Crippen LogP contribution >= 0.6 is 0 Å². The van der Waals surface area contributed by atoms with Gasteiger partial charge in [0.2, 0.25) is 10.0 Å². The van der Waals surface area contributed by atoms with Gasteiger partial charge in [-0.05, 0) is 47.9 Å². The fraction of sp³-hybridized carbons (Fsp3) is 0.387. The summed E-state index contributed by atoms with van der Waals surface area (Å²) in [7, 11) is -3.47. The van der Waals surface area contributed by atoms with Crippen molar-refractivity contribution in [1.82, 2.24) is 19.4 Å². The molecule has 1 N–H and O–H groups in total. The number of nitrogens with one attached hydrogen (secondary N) is 1. The zero-order chi connectivity index (χ0) is 28.0. The van der Waals surface area contributed by atoms with Gasteiger partial charge in [-0.1, -0.05) is 54.1 Å². The van der Waals surface area contributed by atoms with Crippen LogP contribution in [0.15, 0.2) is 77.7 Å². The average Bonchev–Trinajstić information content (AvgIpc) is 2.98. The molecule has 2 saturated heterocycles. The van der Waals surface area contributed by atoms with E-state index in [2.05, 4.69) is 27.2 Å². The Morgan fingerprint density at radius 2 is 1.40 bits per heavy atom. The van der Waals surface area contributed by atoms with Crippen LogP contribution in [-0.2, 0) is 34.4 Å². The van der Waals surface area contributed by atoms with Crippen molar-refractivity contribution in [1.29, 1.82) is 0 Å². The Balaban J connectivity index is 1.08. The third-order valence-electron chi connectivity index (χ3n) is 7.57. The number of amides is 1. The first-order chi connectivity index (χ1) is 19.4. The van der Waals surface area contributed by atoms with Crippen LogP contribution < -0.4 is 5.32 Å². The molecule has 2 aliphatic heterocycles. The van der Waals surface area contributed by atoms with Gasteiger partial charge in [0.1, 0.15) is 0 Å². The molecular formula is C31H38N4O4S.